The van der Waals surface area contributed by atoms with Gasteiger partial charge in [-0.15, -0.1) is 0 Å². The zero-order valence-electron chi connectivity index (χ0n) is 23.7. The van der Waals surface area contributed by atoms with Gasteiger partial charge in [-0.3, -0.25) is 18.7 Å². The Morgan fingerprint density at radius 3 is 2.14 bits per heavy atom. The van der Waals surface area contributed by atoms with E-state index in [0.29, 0.717) is 25.1 Å². The predicted molar refractivity (Wildman–Crippen MR) is 148 cm³/mol. The number of amides is 1. The van der Waals surface area contributed by atoms with Gasteiger partial charge in [-0.05, 0) is 50.6 Å². The highest BCUT2D eigenvalue weighted by Gasteiger charge is 2.38. The number of carboxylic acids is 1. The van der Waals surface area contributed by atoms with Crippen LogP contribution in [0.15, 0.2) is 64.2 Å². The molecule has 1 aliphatic heterocycles. The lowest BCUT2D eigenvalue weighted by molar-refractivity contribution is -0.192. The van der Waals surface area contributed by atoms with Crippen LogP contribution in [-0.4, -0.2) is 67.3 Å². The van der Waals surface area contributed by atoms with E-state index in [1.54, 1.807) is 26.0 Å². The summed E-state index contributed by atoms with van der Waals surface area (Å²) in [4.78, 5) is 52.1. The first-order chi connectivity index (χ1) is 20.1. The Balaban J connectivity index is 0.000000646. The highest BCUT2D eigenvalue weighted by molar-refractivity contribution is 5.95. The first-order valence-corrected chi connectivity index (χ1v) is 13.3. The molecule has 0 spiro atoms. The number of fused-ring (bicyclic) bond motifs is 1. The number of carbonyl (C=O) groups excluding carboxylic acids is 1. The molecule has 43 heavy (non-hydrogen) atoms. The number of nitrogens with zero attached hydrogens (tertiary/aromatic N) is 4. The third kappa shape index (κ3) is 8.09. The number of benzene rings is 2. The molecule has 1 aliphatic rings. The van der Waals surface area contributed by atoms with Gasteiger partial charge in [0.2, 0.25) is 5.75 Å². The standard InChI is InChI=1S/C27H31FN4O4.C2HF3O2/c1-18(2)31-26(35)24(33)23-25(34)30(16-20-9-11-21(28)12-10-20)17-22(32(23)27(31)36)13-14-29(3)15-19-7-5-4-6-8-19;3-2(4,5)1(6)7/h4-12,18,22,33H,13-17H2,1-3H3;(H,6,7). The van der Waals surface area contributed by atoms with E-state index in [2.05, 4.69) is 4.90 Å². The van der Waals surface area contributed by atoms with Gasteiger partial charge >= 0.3 is 17.8 Å². The monoisotopic (exact) mass is 608 g/mol. The second-order valence-corrected chi connectivity index (χ2v) is 10.4. The van der Waals surface area contributed by atoms with Crippen molar-refractivity contribution in [3.63, 3.8) is 0 Å². The Labute approximate surface area is 244 Å². The molecule has 1 aromatic heterocycles. The minimum absolute atomic E-state index is 0.163. The summed E-state index contributed by atoms with van der Waals surface area (Å²) in [6, 6.07) is 14.9. The SMILES string of the molecule is CC(C)n1c(=O)c(O)c2n(c1=O)C(CCN(C)Cc1ccccc1)CN(Cc1ccc(F)cc1)C2=O.O=C(O)C(F)(F)F. The molecule has 14 heteroatoms. The maximum atomic E-state index is 13.4. The Kier molecular flexibility index (Phi) is 10.5. The van der Waals surface area contributed by atoms with E-state index in [-0.39, 0.29) is 24.6 Å². The smallest absolute Gasteiger partial charge is 0.490 e. The first-order valence-electron chi connectivity index (χ1n) is 13.3. The fraction of sp³-hybridized carbons (Fsp3) is 0.379. The molecular formula is C29H32F4N4O6. The van der Waals surface area contributed by atoms with Gasteiger partial charge < -0.3 is 20.0 Å². The average Bonchev–Trinajstić information content (AvgIpc) is 2.93. The van der Waals surface area contributed by atoms with E-state index in [1.807, 2.05) is 37.4 Å². The topological polar surface area (TPSA) is 125 Å². The molecule has 3 aromatic rings. The van der Waals surface area contributed by atoms with Crippen LogP contribution in [0.3, 0.4) is 0 Å². The molecule has 2 heterocycles. The fourth-order valence-corrected chi connectivity index (χ4v) is 4.71. The Morgan fingerprint density at radius 2 is 1.60 bits per heavy atom. The van der Waals surface area contributed by atoms with Crippen LogP contribution in [0.2, 0.25) is 0 Å². The van der Waals surface area contributed by atoms with Crippen LogP contribution in [0.25, 0.3) is 0 Å². The number of hydrogen-bond acceptors (Lipinski definition) is 6. The number of aromatic hydroxyl groups is 1. The van der Waals surface area contributed by atoms with E-state index in [0.717, 1.165) is 10.1 Å². The van der Waals surface area contributed by atoms with Crippen LogP contribution in [0.5, 0.6) is 5.75 Å². The van der Waals surface area contributed by atoms with Crippen molar-refractivity contribution < 1.29 is 37.4 Å². The van der Waals surface area contributed by atoms with Gasteiger partial charge in [0.25, 0.3) is 11.5 Å². The largest absolute Gasteiger partial charge is 0.501 e. The van der Waals surface area contributed by atoms with Crippen molar-refractivity contribution in [3.05, 3.63) is 98.1 Å². The van der Waals surface area contributed by atoms with E-state index in [4.69, 9.17) is 9.90 Å². The normalized spacial score (nSPS) is 14.9. The van der Waals surface area contributed by atoms with Crippen LogP contribution >= 0.6 is 0 Å². The summed E-state index contributed by atoms with van der Waals surface area (Å²) in [6.45, 7) is 5.08. The summed E-state index contributed by atoms with van der Waals surface area (Å²) in [5.74, 6) is -4.46. The maximum absolute atomic E-state index is 13.4. The number of halogens is 4. The molecule has 0 saturated heterocycles. The van der Waals surface area contributed by atoms with Crippen LogP contribution in [0.1, 0.15) is 54.0 Å². The summed E-state index contributed by atoms with van der Waals surface area (Å²) in [7, 11) is 1.98. The first kappa shape index (κ1) is 33.0. The van der Waals surface area contributed by atoms with Crippen molar-refractivity contribution >= 4 is 11.9 Å². The molecule has 2 N–H and O–H groups in total. The minimum atomic E-state index is -5.08. The third-order valence-electron chi connectivity index (χ3n) is 6.77. The summed E-state index contributed by atoms with van der Waals surface area (Å²) in [5.41, 5.74) is 0.0913. The second-order valence-electron chi connectivity index (χ2n) is 10.4. The molecule has 0 saturated carbocycles. The van der Waals surface area contributed by atoms with Gasteiger partial charge in [-0.2, -0.15) is 13.2 Å². The lowest BCUT2D eigenvalue weighted by Crippen LogP contribution is -2.52. The van der Waals surface area contributed by atoms with Crippen molar-refractivity contribution in [3.8, 4) is 5.75 Å². The van der Waals surface area contributed by atoms with Gasteiger partial charge in [0, 0.05) is 32.2 Å². The predicted octanol–water partition coefficient (Wildman–Crippen LogP) is 3.79. The van der Waals surface area contributed by atoms with Crippen LogP contribution in [0.4, 0.5) is 17.6 Å². The van der Waals surface area contributed by atoms with Crippen molar-refractivity contribution in [1.29, 1.82) is 0 Å². The number of hydrogen-bond donors (Lipinski definition) is 2. The molecule has 0 aliphatic carbocycles. The number of alkyl halides is 3. The molecule has 232 valence electrons. The number of carbonyl (C=O) groups is 2. The lowest BCUT2D eigenvalue weighted by Gasteiger charge is -2.37. The number of aliphatic carboxylic acids is 1. The Bertz CT molecular complexity index is 1550. The molecule has 10 nitrogen and oxygen atoms in total. The molecule has 1 atom stereocenters. The second kappa shape index (κ2) is 13.7. The molecule has 0 radical (unpaired) electrons. The Morgan fingerprint density at radius 1 is 1.02 bits per heavy atom. The van der Waals surface area contributed by atoms with Gasteiger partial charge in [0.1, 0.15) is 5.82 Å². The van der Waals surface area contributed by atoms with Gasteiger partial charge in [0.05, 0.1) is 6.04 Å². The van der Waals surface area contributed by atoms with Gasteiger partial charge in [-0.1, -0.05) is 42.5 Å². The van der Waals surface area contributed by atoms with E-state index in [9.17, 15) is 37.1 Å². The van der Waals surface area contributed by atoms with Gasteiger partial charge in [-0.25, -0.2) is 14.0 Å². The molecule has 2 aromatic carbocycles. The van der Waals surface area contributed by atoms with Crippen LogP contribution < -0.4 is 11.2 Å². The molecule has 0 bridgehead atoms. The summed E-state index contributed by atoms with van der Waals surface area (Å²) >= 11 is 0. The molecule has 1 unspecified atom stereocenters. The van der Waals surface area contributed by atoms with E-state index >= 15 is 0 Å². The van der Waals surface area contributed by atoms with Gasteiger partial charge in [0.15, 0.2) is 5.69 Å². The van der Waals surface area contributed by atoms with E-state index in [1.165, 1.54) is 21.6 Å². The summed E-state index contributed by atoms with van der Waals surface area (Å²) in [6.07, 6.45) is -4.57. The fourth-order valence-electron chi connectivity index (χ4n) is 4.71. The number of carboxylic acid groups (broad SMARTS) is 1. The maximum Gasteiger partial charge on any atom is 0.490 e. The quantitative estimate of drug-likeness (QED) is 0.373. The third-order valence-corrected chi connectivity index (χ3v) is 6.77. The van der Waals surface area contributed by atoms with Crippen molar-refractivity contribution in [1.82, 2.24) is 18.9 Å². The summed E-state index contributed by atoms with van der Waals surface area (Å²) < 4.78 is 47.4. The highest BCUT2D eigenvalue weighted by atomic mass is 19.4. The van der Waals surface area contributed by atoms with Crippen LogP contribution in [0, 0.1) is 5.82 Å². The highest BCUT2D eigenvalue weighted by Crippen LogP contribution is 2.28. The van der Waals surface area contributed by atoms with Crippen LogP contribution in [-0.2, 0) is 17.9 Å². The molecule has 4 rings (SSSR count). The molecule has 1 amide bonds. The zero-order valence-corrected chi connectivity index (χ0v) is 23.7. The number of rotatable bonds is 8. The van der Waals surface area contributed by atoms with E-state index < -0.39 is 47.1 Å². The molecule has 0 fully saturated rings. The minimum Gasteiger partial charge on any atom is -0.501 e. The zero-order chi connectivity index (χ0) is 32.1. The molecular weight excluding hydrogens is 576 g/mol. The Hall–Kier alpha value is -4.46. The van der Waals surface area contributed by atoms with Crippen molar-refractivity contribution in [2.45, 2.75) is 51.6 Å². The lowest BCUT2D eigenvalue weighted by atomic mass is 10.1. The van der Waals surface area contributed by atoms with Crippen molar-refractivity contribution in [2.75, 3.05) is 20.1 Å². The number of aromatic nitrogens is 2. The van der Waals surface area contributed by atoms with Crippen molar-refractivity contribution in [2.24, 2.45) is 0 Å². The average molecular weight is 609 g/mol. The summed E-state index contributed by atoms with van der Waals surface area (Å²) in [5, 5.41) is 17.9.